The lowest BCUT2D eigenvalue weighted by Gasteiger charge is -2.23. The van der Waals surface area contributed by atoms with Crippen molar-refractivity contribution >= 4 is 23.4 Å². The molecule has 2 aromatic rings. The zero-order chi connectivity index (χ0) is 12.5. The van der Waals surface area contributed by atoms with Crippen molar-refractivity contribution in [1.82, 2.24) is 14.5 Å². The van der Waals surface area contributed by atoms with Crippen molar-refractivity contribution in [1.29, 1.82) is 0 Å². The third kappa shape index (κ3) is 2.19. The quantitative estimate of drug-likeness (QED) is 0.842. The lowest BCUT2D eigenvalue weighted by Crippen LogP contribution is -2.32. The first kappa shape index (κ1) is 11.8. The molecule has 96 valence electrons. The molecule has 0 spiro atoms. The van der Waals surface area contributed by atoms with Gasteiger partial charge in [-0.3, -0.25) is 4.57 Å². The molecular weight excluding hydrogens is 250 g/mol. The average Bonchev–Trinajstić information content (AvgIpc) is 2.66. The topological polar surface area (TPSA) is 52.1 Å². The highest BCUT2D eigenvalue weighted by molar-refractivity contribution is 7.71. The summed E-state index contributed by atoms with van der Waals surface area (Å²) in [4.78, 5) is 7.61. The van der Waals surface area contributed by atoms with Gasteiger partial charge in [0.1, 0.15) is 0 Å². The fourth-order valence-corrected chi connectivity index (χ4v) is 2.43. The van der Waals surface area contributed by atoms with Crippen molar-refractivity contribution in [3.05, 3.63) is 22.6 Å². The van der Waals surface area contributed by atoms with Crippen molar-refractivity contribution in [2.45, 2.75) is 19.6 Å². The molecule has 1 unspecified atom stereocenters. The Labute approximate surface area is 110 Å². The van der Waals surface area contributed by atoms with E-state index in [0.29, 0.717) is 31.1 Å². The molecule has 1 N–H and O–H groups in total. The van der Waals surface area contributed by atoms with Crippen LogP contribution in [0.1, 0.15) is 5.56 Å². The van der Waals surface area contributed by atoms with Gasteiger partial charge in [-0.1, -0.05) is 0 Å². The minimum Gasteiger partial charge on any atom is -0.376 e. The van der Waals surface area contributed by atoms with E-state index in [-0.39, 0.29) is 6.10 Å². The number of ether oxygens (including phenoxy) is 2. The van der Waals surface area contributed by atoms with Crippen LogP contribution in [0, 0.1) is 11.7 Å². The van der Waals surface area contributed by atoms with E-state index >= 15 is 0 Å². The first-order valence-electron chi connectivity index (χ1n) is 5.98. The van der Waals surface area contributed by atoms with E-state index in [0.717, 1.165) is 16.7 Å². The summed E-state index contributed by atoms with van der Waals surface area (Å²) in [6.45, 7) is 4.62. The highest BCUT2D eigenvalue weighted by Gasteiger charge is 2.17. The third-order valence-electron chi connectivity index (χ3n) is 3.02. The Bertz CT molecular complexity index is 613. The van der Waals surface area contributed by atoms with Crippen LogP contribution in [0.2, 0.25) is 0 Å². The Hall–Kier alpha value is -1.24. The average molecular weight is 265 g/mol. The predicted octanol–water partition coefficient (Wildman–Crippen LogP) is 1.82. The van der Waals surface area contributed by atoms with E-state index in [1.54, 1.807) is 0 Å². The minimum atomic E-state index is 0.0487. The van der Waals surface area contributed by atoms with E-state index in [4.69, 9.17) is 21.7 Å². The van der Waals surface area contributed by atoms with Crippen LogP contribution in [0.5, 0.6) is 0 Å². The molecule has 1 saturated heterocycles. The summed E-state index contributed by atoms with van der Waals surface area (Å²) in [6.07, 6.45) is 1.90. The van der Waals surface area contributed by atoms with Gasteiger partial charge >= 0.3 is 0 Å². The number of hydrogen-bond acceptors (Lipinski definition) is 4. The molecule has 6 heteroatoms. The van der Waals surface area contributed by atoms with Gasteiger partial charge in [-0.15, -0.1) is 0 Å². The minimum absolute atomic E-state index is 0.0487. The van der Waals surface area contributed by atoms with Crippen LogP contribution in [0.15, 0.2) is 12.3 Å². The molecule has 3 rings (SSSR count). The molecule has 0 saturated carbocycles. The maximum atomic E-state index is 5.65. The fourth-order valence-electron chi connectivity index (χ4n) is 2.16. The zero-order valence-electron chi connectivity index (χ0n) is 10.2. The Kier molecular flexibility index (Phi) is 3.15. The molecule has 1 fully saturated rings. The summed E-state index contributed by atoms with van der Waals surface area (Å²) in [5, 5.41) is 0. The lowest BCUT2D eigenvalue weighted by atomic mass is 10.3. The molecule has 2 aromatic heterocycles. The molecule has 1 aliphatic heterocycles. The molecule has 0 radical (unpaired) electrons. The van der Waals surface area contributed by atoms with Gasteiger partial charge in [0.05, 0.1) is 38.0 Å². The van der Waals surface area contributed by atoms with Crippen LogP contribution >= 0.6 is 12.2 Å². The fraction of sp³-hybridized carbons (Fsp3) is 0.500. The summed E-state index contributed by atoms with van der Waals surface area (Å²) < 4.78 is 13.7. The van der Waals surface area contributed by atoms with Crippen molar-refractivity contribution in [3.8, 4) is 0 Å². The summed E-state index contributed by atoms with van der Waals surface area (Å²) in [6, 6.07) is 2.05. The number of aromatic amines is 1. The van der Waals surface area contributed by atoms with Gasteiger partial charge < -0.3 is 14.5 Å². The molecular formula is C12H15N3O2S. The summed E-state index contributed by atoms with van der Waals surface area (Å²) in [5.74, 6) is 0. The molecule has 1 aliphatic rings. The molecule has 1 atom stereocenters. The molecule has 0 aromatic carbocycles. The molecule has 3 heterocycles. The molecule has 18 heavy (non-hydrogen) atoms. The molecule has 0 bridgehead atoms. The number of pyridine rings is 1. The second-order valence-corrected chi connectivity index (χ2v) is 4.88. The van der Waals surface area contributed by atoms with E-state index in [1.165, 1.54) is 0 Å². The second kappa shape index (κ2) is 4.79. The van der Waals surface area contributed by atoms with Gasteiger partial charge in [-0.2, -0.15) is 0 Å². The van der Waals surface area contributed by atoms with Crippen LogP contribution in [-0.4, -0.2) is 40.5 Å². The van der Waals surface area contributed by atoms with Crippen molar-refractivity contribution in [2.24, 2.45) is 0 Å². The monoisotopic (exact) mass is 265 g/mol. The van der Waals surface area contributed by atoms with Crippen LogP contribution in [0.25, 0.3) is 11.2 Å². The van der Waals surface area contributed by atoms with E-state index in [9.17, 15) is 0 Å². The Balaban J connectivity index is 1.95. The molecule has 0 amide bonds. The predicted molar refractivity (Wildman–Crippen MR) is 70.2 cm³/mol. The number of fused-ring (bicyclic) bond motifs is 1. The van der Waals surface area contributed by atoms with Gasteiger partial charge in [0.15, 0.2) is 10.4 Å². The first-order chi connectivity index (χ1) is 8.74. The first-order valence-corrected chi connectivity index (χ1v) is 6.39. The normalized spacial score (nSPS) is 20.4. The van der Waals surface area contributed by atoms with Crippen LogP contribution in [0.4, 0.5) is 0 Å². The highest BCUT2D eigenvalue weighted by atomic mass is 32.1. The highest BCUT2D eigenvalue weighted by Crippen LogP contribution is 2.15. The van der Waals surface area contributed by atoms with E-state index < -0.39 is 0 Å². The number of rotatable bonds is 2. The second-order valence-electron chi connectivity index (χ2n) is 4.49. The number of aromatic nitrogens is 3. The van der Waals surface area contributed by atoms with Crippen molar-refractivity contribution in [3.63, 3.8) is 0 Å². The Morgan fingerprint density at radius 1 is 1.56 bits per heavy atom. The largest absolute Gasteiger partial charge is 0.376 e. The summed E-state index contributed by atoms with van der Waals surface area (Å²) in [7, 11) is 0. The maximum absolute atomic E-state index is 5.65. The van der Waals surface area contributed by atoms with Gasteiger partial charge in [0, 0.05) is 6.20 Å². The third-order valence-corrected chi connectivity index (χ3v) is 3.34. The number of H-pyrrole nitrogens is 1. The van der Waals surface area contributed by atoms with Crippen molar-refractivity contribution in [2.75, 3.05) is 19.8 Å². The van der Waals surface area contributed by atoms with E-state index in [1.807, 2.05) is 23.8 Å². The standard InChI is InChI=1S/C12H15N3O2S/c1-8-4-10-11(13-5-8)15(12(18)14-10)6-9-7-16-2-3-17-9/h4-5,9H,2-3,6-7H2,1H3,(H,14,18). The maximum Gasteiger partial charge on any atom is 0.179 e. The van der Waals surface area contributed by atoms with Gasteiger partial charge in [-0.25, -0.2) is 4.98 Å². The van der Waals surface area contributed by atoms with Crippen LogP contribution in [-0.2, 0) is 16.0 Å². The van der Waals surface area contributed by atoms with E-state index in [2.05, 4.69) is 9.97 Å². The van der Waals surface area contributed by atoms with Gasteiger partial charge in [-0.05, 0) is 30.8 Å². The number of hydrogen-bond donors (Lipinski definition) is 1. The number of imidazole rings is 1. The SMILES string of the molecule is Cc1cnc2c(c1)[nH]c(=S)n2CC1COCCO1. The smallest absolute Gasteiger partial charge is 0.179 e. The van der Waals surface area contributed by atoms with Crippen LogP contribution in [0.3, 0.4) is 0 Å². The Morgan fingerprint density at radius 2 is 2.44 bits per heavy atom. The Morgan fingerprint density at radius 3 is 3.22 bits per heavy atom. The van der Waals surface area contributed by atoms with Gasteiger partial charge in [0.25, 0.3) is 0 Å². The number of aryl methyl sites for hydroxylation is 1. The molecule has 5 nitrogen and oxygen atoms in total. The number of nitrogens with zero attached hydrogens (tertiary/aromatic N) is 2. The summed E-state index contributed by atoms with van der Waals surface area (Å²) >= 11 is 5.34. The van der Waals surface area contributed by atoms with Crippen LogP contribution < -0.4 is 0 Å². The van der Waals surface area contributed by atoms with Crippen molar-refractivity contribution < 1.29 is 9.47 Å². The molecule has 0 aliphatic carbocycles. The summed E-state index contributed by atoms with van der Waals surface area (Å²) in [5.41, 5.74) is 2.96. The van der Waals surface area contributed by atoms with Gasteiger partial charge in [0.2, 0.25) is 0 Å². The lowest BCUT2D eigenvalue weighted by molar-refractivity contribution is -0.0933. The number of nitrogens with one attached hydrogen (secondary N) is 1. The zero-order valence-corrected chi connectivity index (χ0v) is 11.0.